The number of ether oxygens (including phenoxy) is 2. The average Bonchev–Trinajstić information content (AvgIpc) is 2.75. The molecule has 0 aliphatic rings. The Morgan fingerprint density at radius 1 is 1.33 bits per heavy atom. The zero-order valence-electron chi connectivity index (χ0n) is 10.3. The summed E-state index contributed by atoms with van der Waals surface area (Å²) >= 11 is 0. The molecule has 2 aromatic rings. The number of hydrogen-bond acceptors (Lipinski definition) is 5. The molecule has 94 valence electrons. The van der Waals surface area contributed by atoms with Crippen molar-refractivity contribution in [1.82, 2.24) is 0 Å². The van der Waals surface area contributed by atoms with Gasteiger partial charge in [-0.05, 0) is 24.6 Å². The molecule has 0 fully saturated rings. The van der Waals surface area contributed by atoms with Crippen LogP contribution in [0.15, 0.2) is 22.8 Å². The monoisotopic (exact) mass is 248 g/mol. The quantitative estimate of drug-likeness (QED) is 0.603. The first-order chi connectivity index (χ1) is 8.54. The van der Waals surface area contributed by atoms with Crippen LogP contribution in [0.3, 0.4) is 0 Å². The maximum absolute atomic E-state index is 11.8. The number of methoxy groups -OCH3 is 1. The van der Waals surface area contributed by atoms with E-state index >= 15 is 0 Å². The van der Waals surface area contributed by atoms with Crippen molar-refractivity contribution in [2.75, 3.05) is 7.11 Å². The van der Waals surface area contributed by atoms with Gasteiger partial charge in [0.2, 0.25) is 0 Å². The van der Waals surface area contributed by atoms with E-state index in [1.54, 1.807) is 19.1 Å². The van der Waals surface area contributed by atoms with E-state index in [1.165, 1.54) is 20.3 Å². The zero-order chi connectivity index (χ0) is 13.3. The topological polar surface area (TPSA) is 65.7 Å². The second kappa shape index (κ2) is 4.52. The fourth-order valence-electron chi connectivity index (χ4n) is 1.81. The van der Waals surface area contributed by atoms with Gasteiger partial charge in [0, 0.05) is 6.92 Å². The highest BCUT2D eigenvalue weighted by Gasteiger charge is 2.22. The van der Waals surface area contributed by atoms with Crippen molar-refractivity contribution in [3.05, 3.63) is 29.5 Å². The molecule has 18 heavy (non-hydrogen) atoms. The van der Waals surface area contributed by atoms with Crippen molar-refractivity contribution in [2.45, 2.75) is 13.8 Å². The smallest absolute Gasteiger partial charge is 0.341 e. The van der Waals surface area contributed by atoms with E-state index in [0.29, 0.717) is 16.5 Å². The number of esters is 2. The van der Waals surface area contributed by atoms with Gasteiger partial charge in [0.05, 0.1) is 18.8 Å². The summed E-state index contributed by atoms with van der Waals surface area (Å²) in [5.41, 5.74) is 1.42. The Hall–Kier alpha value is -2.30. The molecule has 0 bridgehead atoms. The molecule has 0 aliphatic carbocycles. The van der Waals surface area contributed by atoms with E-state index in [2.05, 4.69) is 0 Å². The van der Waals surface area contributed by atoms with Gasteiger partial charge < -0.3 is 13.9 Å². The zero-order valence-corrected chi connectivity index (χ0v) is 10.3. The summed E-state index contributed by atoms with van der Waals surface area (Å²) in [7, 11) is 1.28. The van der Waals surface area contributed by atoms with Gasteiger partial charge in [0.15, 0.2) is 5.75 Å². The third-order valence-electron chi connectivity index (χ3n) is 2.54. The number of carbonyl (C=O) groups excluding carboxylic acids is 2. The SMILES string of the molecule is COC(=O)c1c(C)cc2occc2c1OC(C)=O. The Morgan fingerprint density at radius 3 is 2.67 bits per heavy atom. The lowest BCUT2D eigenvalue weighted by Crippen LogP contribution is -2.11. The number of furan rings is 1. The van der Waals surface area contributed by atoms with E-state index in [4.69, 9.17) is 13.9 Å². The second-order valence-corrected chi connectivity index (χ2v) is 3.82. The van der Waals surface area contributed by atoms with Gasteiger partial charge in [-0.2, -0.15) is 0 Å². The van der Waals surface area contributed by atoms with Crippen LogP contribution in [0.2, 0.25) is 0 Å². The Labute approximate surface area is 103 Å². The van der Waals surface area contributed by atoms with Crippen LogP contribution in [-0.4, -0.2) is 19.0 Å². The molecule has 0 amide bonds. The van der Waals surface area contributed by atoms with Crippen molar-refractivity contribution in [3.8, 4) is 5.75 Å². The molecule has 1 aromatic heterocycles. The van der Waals surface area contributed by atoms with E-state index in [0.717, 1.165) is 0 Å². The number of benzene rings is 1. The van der Waals surface area contributed by atoms with Crippen LogP contribution in [0.1, 0.15) is 22.8 Å². The van der Waals surface area contributed by atoms with Gasteiger partial charge in [0.25, 0.3) is 0 Å². The highest BCUT2D eigenvalue weighted by Crippen LogP contribution is 2.34. The summed E-state index contributed by atoms with van der Waals surface area (Å²) in [6.07, 6.45) is 1.47. The first-order valence-corrected chi connectivity index (χ1v) is 5.32. The van der Waals surface area contributed by atoms with E-state index < -0.39 is 11.9 Å². The molecular formula is C13H12O5. The Balaban J connectivity index is 2.75. The molecule has 0 unspecified atom stereocenters. The van der Waals surface area contributed by atoms with Crippen molar-refractivity contribution < 1.29 is 23.5 Å². The Morgan fingerprint density at radius 2 is 2.06 bits per heavy atom. The fraction of sp³-hybridized carbons (Fsp3) is 0.231. The molecule has 0 radical (unpaired) electrons. The van der Waals surface area contributed by atoms with Gasteiger partial charge in [-0.15, -0.1) is 0 Å². The van der Waals surface area contributed by atoms with Crippen LogP contribution in [0, 0.1) is 6.92 Å². The van der Waals surface area contributed by atoms with E-state index in [9.17, 15) is 9.59 Å². The lowest BCUT2D eigenvalue weighted by molar-refractivity contribution is -0.131. The van der Waals surface area contributed by atoms with E-state index in [-0.39, 0.29) is 11.3 Å². The van der Waals surface area contributed by atoms with Gasteiger partial charge in [0.1, 0.15) is 11.1 Å². The predicted molar refractivity (Wildman–Crippen MR) is 63.6 cm³/mol. The van der Waals surface area contributed by atoms with Crippen LogP contribution >= 0.6 is 0 Å². The first-order valence-electron chi connectivity index (χ1n) is 5.32. The van der Waals surface area contributed by atoms with Crippen molar-refractivity contribution in [2.24, 2.45) is 0 Å². The molecule has 2 rings (SSSR count). The third kappa shape index (κ3) is 1.95. The van der Waals surface area contributed by atoms with Crippen LogP contribution < -0.4 is 4.74 Å². The molecular weight excluding hydrogens is 236 g/mol. The minimum atomic E-state index is -0.549. The van der Waals surface area contributed by atoms with Crippen LogP contribution in [-0.2, 0) is 9.53 Å². The van der Waals surface area contributed by atoms with Gasteiger partial charge in [-0.1, -0.05) is 0 Å². The van der Waals surface area contributed by atoms with Gasteiger partial charge in [-0.25, -0.2) is 4.79 Å². The number of carbonyl (C=O) groups is 2. The maximum Gasteiger partial charge on any atom is 0.341 e. The number of hydrogen-bond donors (Lipinski definition) is 0. The summed E-state index contributed by atoms with van der Waals surface area (Å²) in [5.74, 6) is -0.877. The summed E-state index contributed by atoms with van der Waals surface area (Å²) in [6.45, 7) is 3.00. The van der Waals surface area contributed by atoms with Gasteiger partial charge in [-0.3, -0.25) is 4.79 Å². The minimum absolute atomic E-state index is 0.179. The lowest BCUT2D eigenvalue weighted by atomic mass is 10.0. The second-order valence-electron chi connectivity index (χ2n) is 3.82. The summed E-state index contributed by atoms with van der Waals surface area (Å²) in [4.78, 5) is 22.9. The molecule has 5 nitrogen and oxygen atoms in total. The number of aryl methyl sites for hydroxylation is 1. The molecule has 0 N–H and O–H groups in total. The molecule has 0 atom stereocenters. The average molecular weight is 248 g/mol. The summed E-state index contributed by atoms with van der Waals surface area (Å²) in [5, 5.41) is 0.566. The van der Waals surface area contributed by atoms with Gasteiger partial charge >= 0.3 is 11.9 Å². The maximum atomic E-state index is 11.8. The first kappa shape index (κ1) is 12.2. The number of rotatable bonds is 2. The normalized spacial score (nSPS) is 10.4. The van der Waals surface area contributed by atoms with Crippen molar-refractivity contribution >= 4 is 22.9 Å². The molecule has 0 saturated carbocycles. The summed E-state index contributed by atoms with van der Waals surface area (Å²) < 4.78 is 15.1. The largest absolute Gasteiger partial charge is 0.465 e. The van der Waals surface area contributed by atoms with Crippen LogP contribution in [0.25, 0.3) is 11.0 Å². The molecule has 0 saturated heterocycles. The molecule has 1 heterocycles. The molecule has 0 aliphatic heterocycles. The Kier molecular flexibility index (Phi) is 3.06. The van der Waals surface area contributed by atoms with Crippen molar-refractivity contribution in [3.63, 3.8) is 0 Å². The highest BCUT2D eigenvalue weighted by molar-refractivity contribution is 6.02. The Bertz CT molecular complexity index is 624. The third-order valence-corrected chi connectivity index (χ3v) is 2.54. The number of fused-ring (bicyclic) bond motifs is 1. The lowest BCUT2D eigenvalue weighted by Gasteiger charge is -2.11. The fourth-order valence-corrected chi connectivity index (χ4v) is 1.81. The highest BCUT2D eigenvalue weighted by atomic mass is 16.5. The standard InChI is InChI=1S/C13H12O5/c1-7-6-10-9(4-5-17-10)12(18-8(2)14)11(7)13(15)16-3/h4-6H,1-3H3. The van der Waals surface area contributed by atoms with E-state index in [1.807, 2.05) is 0 Å². The molecule has 1 aromatic carbocycles. The van der Waals surface area contributed by atoms with Crippen LogP contribution in [0.5, 0.6) is 5.75 Å². The molecule has 5 heteroatoms. The summed E-state index contributed by atoms with van der Waals surface area (Å²) in [6, 6.07) is 3.34. The predicted octanol–water partition coefficient (Wildman–Crippen LogP) is 2.45. The minimum Gasteiger partial charge on any atom is -0.465 e. The van der Waals surface area contributed by atoms with Crippen LogP contribution in [0.4, 0.5) is 0 Å². The molecule has 0 spiro atoms. The van der Waals surface area contributed by atoms with Crippen molar-refractivity contribution in [1.29, 1.82) is 0 Å².